The van der Waals surface area contributed by atoms with Gasteiger partial charge in [-0.1, -0.05) is 11.6 Å². The van der Waals surface area contributed by atoms with Gasteiger partial charge in [-0.25, -0.2) is 8.42 Å². The first-order valence-corrected chi connectivity index (χ1v) is 9.63. The number of piperazine rings is 1. The van der Waals surface area contributed by atoms with E-state index in [-0.39, 0.29) is 15.5 Å². The van der Waals surface area contributed by atoms with Crippen molar-refractivity contribution in [1.82, 2.24) is 14.2 Å². The van der Waals surface area contributed by atoms with Gasteiger partial charge in [-0.3, -0.25) is 9.88 Å². The first kappa shape index (κ1) is 17.8. The standard InChI is InChI=1S/C17H17ClN4O2S/c18-17-2-1-16(11-15(17)12-19)25(23,24)22-9-7-21(8-10-22)13-14-3-5-20-6-4-14/h1-6,11H,7-10,13H2. The monoisotopic (exact) mass is 376 g/mol. The second-order valence-corrected chi connectivity index (χ2v) is 8.13. The zero-order valence-corrected chi connectivity index (χ0v) is 15.0. The predicted molar refractivity (Wildman–Crippen MR) is 94.4 cm³/mol. The topological polar surface area (TPSA) is 77.3 Å². The van der Waals surface area contributed by atoms with Gasteiger partial charge in [-0.15, -0.1) is 0 Å². The van der Waals surface area contributed by atoms with Crippen LogP contribution in [0.15, 0.2) is 47.6 Å². The Labute approximate surface area is 152 Å². The van der Waals surface area contributed by atoms with Gasteiger partial charge in [0.25, 0.3) is 0 Å². The second kappa shape index (κ2) is 7.50. The van der Waals surface area contributed by atoms with Crippen LogP contribution >= 0.6 is 11.6 Å². The molecule has 2 heterocycles. The van der Waals surface area contributed by atoms with Gasteiger partial charge >= 0.3 is 0 Å². The van der Waals surface area contributed by atoms with Crippen LogP contribution in [0.5, 0.6) is 0 Å². The molecule has 2 aromatic rings. The summed E-state index contributed by atoms with van der Waals surface area (Å²) in [6.07, 6.45) is 3.51. The van der Waals surface area contributed by atoms with Gasteiger partial charge in [-0.05, 0) is 35.9 Å². The summed E-state index contributed by atoms with van der Waals surface area (Å²) in [4.78, 5) is 6.32. The summed E-state index contributed by atoms with van der Waals surface area (Å²) in [5, 5.41) is 9.29. The third-order valence-electron chi connectivity index (χ3n) is 4.18. The molecule has 8 heteroatoms. The van der Waals surface area contributed by atoms with Crippen molar-refractivity contribution in [3.8, 4) is 6.07 Å². The maximum atomic E-state index is 12.8. The molecular formula is C17H17ClN4O2S. The molecule has 1 aliphatic heterocycles. The fourth-order valence-electron chi connectivity index (χ4n) is 2.77. The fourth-order valence-corrected chi connectivity index (χ4v) is 4.38. The van der Waals surface area contributed by atoms with E-state index < -0.39 is 10.0 Å². The van der Waals surface area contributed by atoms with Crippen LogP contribution in [-0.4, -0.2) is 48.8 Å². The zero-order valence-electron chi connectivity index (χ0n) is 13.5. The summed E-state index contributed by atoms with van der Waals surface area (Å²) in [5.41, 5.74) is 1.32. The predicted octanol–water partition coefficient (Wildman–Crippen LogP) is 2.11. The number of pyridine rings is 1. The molecule has 0 saturated carbocycles. The molecule has 0 atom stereocenters. The molecule has 0 bridgehead atoms. The van der Waals surface area contributed by atoms with Gasteiger partial charge in [0.1, 0.15) is 6.07 Å². The van der Waals surface area contributed by atoms with Crippen molar-refractivity contribution in [1.29, 1.82) is 5.26 Å². The van der Waals surface area contributed by atoms with Gasteiger partial charge < -0.3 is 0 Å². The Morgan fingerprint density at radius 2 is 1.80 bits per heavy atom. The SMILES string of the molecule is N#Cc1cc(S(=O)(=O)N2CCN(Cc3ccncc3)CC2)ccc1Cl. The van der Waals surface area contributed by atoms with Crippen molar-refractivity contribution < 1.29 is 8.42 Å². The van der Waals surface area contributed by atoms with Gasteiger partial charge in [0.15, 0.2) is 0 Å². The molecule has 1 fully saturated rings. The highest BCUT2D eigenvalue weighted by Gasteiger charge is 2.28. The number of hydrogen-bond acceptors (Lipinski definition) is 5. The summed E-state index contributed by atoms with van der Waals surface area (Å²) in [6, 6.07) is 10.1. The minimum absolute atomic E-state index is 0.107. The van der Waals surface area contributed by atoms with Crippen molar-refractivity contribution >= 4 is 21.6 Å². The maximum absolute atomic E-state index is 12.8. The van der Waals surface area contributed by atoms with Crippen molar-refractivity contribution in [2.75, 3.05) is 26.2 Å². The lowest BCUT2D eigenvalue weighted by Crippen LogP contribution is -2.48. The Bertz CT molecular complexity index is 889. The van der Waals surface area contributed by atoms with Gasteiger partial charge in [0, 0.05) is 45.1 Å². The largest absolute Gasteiger partial charge is 0.296 e. The van der Waals surface area contributed by atoms with Crippen molar-refractivity contribution in [2.45, 2.75) is 11.4 Å². The van der Waals surface area contributed by atoms with E-state index in [9.17, 15) is 8.42 Å². The lowest BCUT2D eigenvalue weighted by molar-refractivity contribution is 0.181. The Morgan fingerprint density at radius 1 is 1.12 bits per heavy atom. The highest BCUT2D eigenvalue weighted by Crippen LogP contribution is 2.23. The molecule has 1 saturated heterocycles. The zero-order chi connectivity index (χ0) is 17.9. The summed E-state index contributed by atoms with van der Waals surface area (Å²) in [5.74, 6) is 0. The molecule has 0 unspecified atom stereocenters. The quantitative estimate of drug-likeness (QED) is 0.816. The number of nitrogens with zero attached hydrogens (tertiary/aromatic N) is 4. The molecule has 6 nitrogen and oxygen atoms in total. The molecule has 1 aliphatic rings. The Hall–Kier alpha value is -1.98. The van der Waals surface area contributed by atoms with Crippen LogP contribution in [0.3, 0.4) is 0 Å². The molecule has 3 rings (SSSR count). The average Bonchev–Trinajstić information content (AvgIpc) is 2.63. The number of nitriles is 1. The summed E-state index contributed by atoms with van der Waals surface area (Å²) >= 11 is 5.89. The van der Waals surface area contributed by atoms with Crippen LogP contribution in [0.1, 0.15) is 11.1 Å². The lowest BCUT2D eigenvalue weighted by Gasteiger charge is -2.34. The van der Waals surface area contributed by atoms with E-state index in [4.69, 9.17) is 16.9 Å². The van der Waals surface area contributed by atoms with E-state index in [1.165, 1.54) is 22.5 Å². The first-order chi connectivity index (χ1) is 12.0. The Morgan fingerprint density at radius 3 is 2.44 bits per heavy atom. The third kappa shape index (κ3) is 3.99. The van der Waals surface area contributed by atoms with E-state index in [0.29, 0.717) is 26.2 Å². The Kier molecular flexibility index (Phi) is 5.35. The van der Waals surface area contributed by atoms with Crippen LogP contribution in [0.25, 0.3) is 0 Å². The molecule has 0 N–H and O–H groups in total. The van der Waals surface area contributed by atoms with Crippen LogP contribution in [-0.2, 0) is 16.6 Å². The van der Waals surface area contributed by atoms with Crippen molar-refractivity contribution in [2.24, 2.45) is 0 Å². The Balaban J connectivity index is 1.68. The average molecular weight is 377 g/mol. The third-order valence-corrected chi connectivity index (χ3v) is 6.41. The van der Waals surface area contributed by atoms with Crippen LogP contribution in [0, 0.1) is 11.3 Å². The van der Waals surface area contributed by atoms with Crippen LogP contribution in [0.2, 0.25) is 5.02 Å². The van der Waals surface area contributed by atoms with Crippen molar-refractivity contribution in [3.63, 3.8) is 0 Å². The highest BCUT2D eigenvalue weighted by atomic mass is 35.5. The number of benzene rings is 1. The number of rotatable bonds is 4. The number of halogens is 1. The van der Waals surface area contributed by atoms with E-state index >= 15 is 0 Å². The van der Waals surface area contributed by atoms with Crippen LogP contribution < -0.4 is 0 Å². The molecule has 1 aromatic carbocycles. The molecular weight excluding hydrogens is 360 g/mol. The minimum Gasteiger partial charge on any atom is -0.296 e. The number of hydrogen-bond donors (Lipinski definition) is 0. The summed E-state index contributed by atoms with van der Waals surface area (Å²) in [6.45, 7) is 2.91. The van der Waals surface area contributed by atoms with Gasteiger partial charge in [0.2, 0.25) is 10.0 Å². The van der Waals surface area contributed by atoms with E-state index in [2.05, 4.69) is 9.88 Å². The molecule has 0 aliphatic carbocycles. The molecule has 130 valence electrons. The van der Waals surface area contributed by atoms with E-state index in [1.54, 1.807) is 12.4 Å². The lowest BCUT2D eigenvalue weighted by atomic mass is 10.2. The summed E-state index contributed by atoms with van der Waals surface area (Å²) in [7, 11) is -3.62. The molecule has 1 aromatic heterocycles. The van der Waals surface area contributed by atoms with Gasteiger partial charge in [0.05, 0.1) is 15.5 Å². The molecule has 0 spiro atoms. The minimum atomic E-state index is -3.62. The van der Waals surface area contributed by atoms with E-state index in [0.717, 1.165) is 12.1 Å². The molecule has 25 heavy (non-hydrogen) atoms. The molecule has 0 radical (unpaired) electrons. The summed E-state index contributed by atoms with van der Waals surface area (Å²) < 4.78 is 27.0. The number of sulfonamides is 1. The highest BCUT2D eigenvalue weighted by molar-refractivity contribution is 7.89. The van der Waals surface area contributed by atoms with Gasteiger partial charge in [-0.2, -0.15) is 9.57 Å². The second-order valence-electron chi connectivity index (χ2n) is 5.79. The first-order valence-electron chi connectivity index (χ1n) is 7.82. The fraction of sp³-hybridized carbons (Fsp3) is 0.294. The van der Waals surface area contributed by atoms with Crippen molar-refractivity contribution in [3.05, 3.63) is 58.9 Å². The number of aromatic nitrogens is 1. The smallest absolute Gasteiger partial charge is 0.243 e. The maximum Gasteiger partial charge on any atom is 0.243 e. The molecule has 0 amide bonds. The van der Waals surface area contributed by atoms with E-state index in [1.807, 2.05) is 18.2 Å². The van der Waals surface area contributed by atoms with Crippen LogP contribution in [0.4, 0.5) is 0 Å². The normalized spacial score (nSPS) is 16.5.